The topological polar surface area (TPSA) is 66.4 Å². The highest BCUT2D eigenvalue weighted by atomic mass is 16.6. The zero-order chi connectivity index (χ0) is 18.0. The summed E-state index contributed by atoms with van der Waals surface area (Å²) < 4.78 is 26.6. The fourth-order valence-corrected chi connectivity index (χ4v) is 2.10. The normalized spacial score (nSPS) is 11.0. The Labute approximate surface area is 151 Å². The predicted octanol–water partition coefficient (Wildman–Crippen LogP) is 2.08. The molecule has 0 amide bonds. The first-order valence-corrected chi connectivity index (χ1v) is 8.91. The molecule has 0 saturated heterocycles. The standard InChI is InChI=1S/C19H32O6/c1-21-10-11-22-12-13-23-14-15-24-16-17-25-19-7-5-18(6-8-19)4-2-3-9-20/h5-8,20H,2-4,9-17H2,1H3. The smallest absolute Gasteiger partial charge is 0.119 e. The molecule has 0 bridgehead atoms. The molecule has 0 heterocycles. The van der Waals surface area contributed by atoms with E-state index >= 15 is 0 Å². The maximum Gasteiger partial charge on any atom is 0.119 e. The number of hydrogen-bond donors (Lipinski definition) is 1. The van der Waals surface area contributed by atoms with Crippen molar-refractivity contribution in [2.45, 2.75) is 19.3 Å². The second-order valence-corrected chi connectivity index (χ2v) is 5.50. The minimum atomic E-state index is 0.258. The monoisotopic (exact) mass is 356 g/mol. The molecular weight excluding hydrogens is 324 g/mol. The van der Waals surface area contributed by atoms with Crippen LogP contribution in [0.3, 0.4) is 0 Å². The molecule has 0 atom stereocenters. The van der Waals surface area contributed by atoms with Crippen molar-refractivity contribution >= 4 is 0 Å². The van der Waals surface area contributed by atoms with Crippen LogP contribution in [0.1, 0.15) is 18.4 Å². The van der Waals surface area contributed by atoms with Crippen LogP contribution in [-0.4, -0.2) is 71.7 Å². The van der Waals surface area contributed by atoms with Gasteiger partial charge in [-0.15, -0.1) is 0 Å². The molecule has 6 heteroatoms. The van der Waals surface area contributed by atoms with Crippen LogP contribution in [0.15, 0.2) is 24.3 Å². The van der Waals surface area contributed by atoms with Gasteiger partial charge in [0.1, 0.15) is 12.4 Å². The van der Waals surface area contributed by atoms with Crippen molar-refractivity contribution in [2.75, 3.05) is 66.6 Å². The van der Waals surface area contributed by atoms with E-state index in [1.54, 1.807) is 7.11 Å². The Balaban J connectivity index is 1.91. The lowest BCUT2D eigenvalue weighted by molar-refractivity contribution is 0.000163. The van der Waals surface area contributed by atoms with Gasteiger partial charge >= 0.3 is 0 Å². The van der Waals surface area contributed by atoms with Gasteiger partial charge in [-0.3, -0.25) is 0 Å². The molecule has 0 radical (unpaired) electrons. The molecule has 0 aliphatic rings. The van der Waals surface area contributed by atoms with Gasteiger partial charge in [0.05, 0.1) is 46.2 Å². The summed E-state index contributed by atoms with van der Waals surface area (Å²) in [6, 6.07) is 8.08. The van der Waals surface area contributed by atoms with Crippen molar-refractivity contribution in [2.24, 2.45) is 0 Å². The molecule has 0 aliphatic carbocycles. The van der Waals surface area contributed by atoms with Gasteiger partial charge in [0, 0.05) is 13.7 Å². The number of unbranched alkanes of at least 4 members (excludes halogenated alkanes) is 1. The molecule has 0 fully saturated rings. The van der Waals surface area contributed by atoms with Crippen molar-refractivity contribution in [1.82, 2.24) is 0 Å². The molecule has 1 aromatic rings. The molecule has 6 nitrogen and oxygen atoms in total. The molecule has 0 spiro atoms. The second kappa shape index (κ2) is 16.3. The summed E-state index contributed by atoms with van der Waals surface area (Å²) in [5, 5.41) is 8.78. The molecular formula is C19H32O6. The molecule has 144 valence electrons. The van der Waals surface area contributed by atoms with Crippen LogP contribution in [0.4, 0.5) is 0 Å². The van der Waals surface area contributed by atoms with E-state index in [9.17, 15) is 0 Å². The maximum atomic E-state index is 8.78. The fraction of sp³-hybridized carbons (Fsp3) is 0.684. The van der Waals surface area contributed by atoms with Crippen LogP contribution in [-0.2, 0) is 25.4 Å². The number of ether oxygens (including phenoxy) is 5. The molecule has 1 N–H and O–H groups in total. The van der Waals surface area contributed by atoms with Crippen LogP contribution < -0.4 is 4.74 Å². The van der Waals surface area contributed by atoms with Crippen LogP contribution in [0.2, 0.25) is 0 Å². The Morgan fingerprint density at radius 2 is 1.28 bits per heavy atom. The summed E-state index contributed by atoms with van der Waals surface area (Å²) in [5.74, 6) is 0.846. The summed E-state index contributed by atoms with van der Waals surface area (Å²) in [5.41, 5.74) is 1.26. The third-order valence-corrected chi connectivity index (χ3v) is 3.47. The van der Waals surface area contributed by atoms with Crippen molar-refractivity contribution in [3.05, 3.63) is 29.8 Å². The van der Waals surface area contributed by atoms with Crippen LogP contribution in [0, 0.1) is 0 Å². The first-order chi connectivity index (χ1) is 12.4. The minimum absolute atomic E-state index is 0.258. The van der Waals surface area contributed by atoms with Gasteiger partial charge in [0.25, 0.3) is 0 Å². The molecule has 25 heavy (non-hydrogen) atoms. The van der Waals surface area contributed by atoms with Crippen LogP contribution >= 0.6 is 0 Å². The summed E-state index contributed by atoms with van der Waals surface area (Å²) in [6.07, 6.45) is 2.84. The summed E-state index contributed by atoms with van der Waals surface area (Å²) >= 11 is 0. The first kappa shape index (κ1) is 21.9. The van der Waals surface area contributed by atoms with E-state index in [-0.39, 0.29) is 6.61 Å². The molecule has 0 aromatic heterocycles. The first-order valence-electron chi connectivity index (χ1n) is 8.91. The molecule has 0 unspecified atom stereocenters. The Morgan fingerprint density at radius 1 is 0.720 bits per heavy atom. The highest BCUT2D eigenvalue weighted by molar-refractivity contribution is 5.27. The van der Waals surface area contributed by atoms with Gasteiger partial charge in [0.2, 0.25) is 0 Å². The third kappa shape index (κ3) is 12.8. The lowest BCUT2D eigenvalue weighted by Gasteiger charge is -2.09. The Hall–Kier alpha value is -1.18. The minimum Gasteiger partial charge on any atom is -0.491 e. The average molecular weight is 356 g/mol. The SMILES string of the molecule is COCCOCCOCCOCCOc1ccc(CCCCO)cc1. The number of aliphatic hydroxyl groups excluding tert-OH is 1. The zero-order valence-corrected chi connectivity index (χ0v) is 15.3. The highest BCUT2D eigenvalue weighted by Crippen LogP contribution is 2.13. The number of benzene rings is 1. The lowest BCUT2D eigenvalue weighted by Crippen LogP contribution is -2.13. The van der Waals surface area contributed by atoms with Gasteiger partial charge in [-0.1, -0.05) is 12.1 Å². The summed E-state index contributed by atoms with van der Waals surface area (Å²) in [6.45, 7) is 4.75. The maximum absolute atomic E-state index is 8.78. The van der Waals surface area contributed by atoms with Crippen molar-refractivity contribution in [1.29, 1.82) is 0 Å². The largest absolute Gasteiger partial charge is 0.491 e. The van der Waals surface area contributed by atoms with Gasteiger partial charge in [0.15, 0.2) is 0 Å². The highest BCUT2D eigenvalue weighted by Gasteiger charge is 1.97. The fourth-order valence-electron chi connectivity index (χ4n) is 2.10. The molecule has 1 rings (SSSR count). The third-order valence-electron chi connectivity index (χ3n) is 3.47. The van der Waals surface area contributed by atoms with Crippen molar-refractivity contribution in [3.8, 4) is 5.75 Å². The zero-order valence-electron chi connectivity index (χ0n) is 15.3. The Kier molecular flexibility index (Phi) is 14.3. The van der Waals surface area contributed by atoms with E-state index in [1.165, 1.54) is 5.56 Å². The Bertz CT molecular complexity index is 395. The number of methoxy groups -OCH3 is 1. The number of aliphatic hydroxyl groups is 1. The predicted molar refractivity (Wildman–Crippen MR) is 96.3 cm³/mol. The van der Waals surface area contributed by atoms with E-state index in [0.717, 1.165) is 25.0 Å². The van der Waals surface area contributed by atoms with Gasteiger partial charge in [-0.05, 0) is 37.0 Å². The number of rotatable bonds is 17. The van der Waals surface area contributed by atoms with Gasteiger partial charge in [-0.2, -0.15) is 0 Å². The van der Waals surface area contributed by atoms with E-state index in [0.29, 0.717) is 52.9 Å². The summed E-state index contributed by atoms with van der Waals surface area (Å²) in [4.78, 5) is 0. The van der Waals surface area contributed by atoms with E-state index in [4.69, 9.17) is 28.8 Å². The van der Waals surface area contributed by atoms with E-state index in [2.05, 4.69) is 12.1 Å². The van der Waals surface area contributed by atoms with E-state index in [1.807, 2.05) is 12.1 Å². The quantitative estimate of drug-likeness (QED) is 0.431. The molecule has 0 aliphatic heterocycles. The molecule has 0 saturated carbocycles. The van der Waals surface area contributed by atoms with Crippen LogP contribution in [0.5, 0.6) is 5.75 Å². The number of aryl methyl sites for hydroxylation is 1. The van der Waals surface area contributed by atoms with Crippen molar-refractivity contribution < 1.29 is 28.8 Å². The van der Waals surface area contributed by atoms with Crippen LogP contribution in [0.25, 0.3) is 0 Å². The van der Waals surface area contributed by atoms with E-state index < -0.39 is 0 Å². The lowest BCUT2D eigenvalue weighted by atomic mass is 10.1. The summed E-state index contributed by atoms with van der Waals surface area (Å²) in [7, 11) is 1.65. The van der Waals surface area contributed by atoms with Crippen molar-refractivity contribution in [3.63, 3.8) is 0 Å². The second-order valence-electron chi connectivity index (χ2n) is 5.50. The van der Waals surface area contributed by atoms with Gasteiger partial charge < -0.3 is 28.8 Å². The van der Waals surface area contributed by atoms with Gasteiger partial charge in [-0.25, -0.2) is 0 Å². The number of hydrogen-bond acceptors (Lipinski definition) is 6. The Morgan fingerprint density at radius 3 is 1.84 bits per heavy atom. The molecule has 1 aromatic carbocycles. The average Bonchev–Trinajstić information content (AvgIpc) is 2.64.